The summed E-state index contributed by atoms with van der Waals surface area (Å²) in [5.41, 5.74) is 6.20. The van der Waals surface area contributed by atoms with Gasteiger partial charge in [-0.1, -0.05) is 0 Å². The van der Waals surface area contributed by atoms with E-state index < -0.39 is 18.2 Å². The highest BCUT2D eigenvalue weighted by molar-refractivity contribution is 5.73. The fourth-order valence-electron chi connectivity index (χ4n) is 1.60. The van der Waals surface area contributed by atoms with Crippen LogP contribution in [0.5, 0.6) is 5.88 Å². The van der Waals surface area contributed by atoms with Crippen LogP contribution in [0.25, 0.3) is 0 Å². The van der Waals surface area contributed by atoms with Crippen LogP contribution < -0.4 is 10.5 Å². The summed E-state index contributed by atoms with van der Waals surface area (Å²) in [6.07, 6.45) is -4.92. The van der Waals surface area contributed by atoms with Crippen LogP contribution in [-0.2, 0) is 22.5 Å². The summed E-state index contributed by atoms with van der Waals surface area (Å²) in [4.78, 5) is 15.1. The number of nitrogens with zero attached hydrogens (tertiary/aromatic N) is 1. The third-order valence-electron chi connectivity index (χ3n) is 2.38. The van der Waals surface area contributed by atoms with Gasteiger partial charge in [-0.15, -0.1) is 13.2 Å². The molecule has 0 atom stereocenters. The number of carbonyl (C=O) groups is 1. The Balaban J connectivity index is 3.04. The SMILES string of the molecule is CCOC(=O)Cc1cc(C)c(OC(F)(F)F)nc1CN. The van der Waals surface area contributed by atoms with Crippen molar-refractivity contribution in [3.05, 3.63) is 22.9 Å². The van der Waals surface area contributed by atoms with Crippen molar-refractivity contribution in [3.63, 3.8) is 0 Å². The molecule has 20 heavy (non-hydrogen) atoms. The predicted octanol–water partition coefficient (Wildman–Crippen LogP) is 1.85. The minimum Gasteiger partial charge on any atom is -0.466 e. The molecule has 0 radical (unpaired) electrons. The van der Waals surface area contributed by atoms with Crippen molar-refractivity contribution in [2.45, 2.75) is 33.2 Å². The van der Waals surface area contributed by atoms with Gasteiger partial charge in [0.15, 0.2) is 0 Å². The van der Waals surface area contributed by atoms with Crippen LogP contribution in [0.4, 0.5) is 13.2 Å². The van der Waals surface area contributed by atoms with Crippen molar-refractivity contribution in [2.24, 2.45) is 5.73 Å². The minimum atomic E-state index is -4.83. The van der Waals surface area contributed by atoms with Crippen molar-refractivity contribution >= 4 is 5.97 Å². The average molecular weight is 292 g/mol. The number of hydrogen-bond acceptors (Lipinski definition) is 5. The van der Waals surface area contributed by atoms with Gasteiger partial charge in [0.1, 0.15) is 0 Å². The Morgan fingerprint density at radius 2 is 2.10 bits per heavy atom. The van der Waals surface area contributed by atoms with Gasteiger partial charge in [-0.25, -0.2) is 4.98 Å². The van der Waals surface area contributed by atoms with Crippen LogP contribution in [-0.4, -0.2) is 23.9 Å². The Morgan fingerprint density at radius 3 is 2.60 bits per heavy atom. The lowest BCUT2D eigenvalue weighted by Crippen LogP contribution is -2.20. The molecule has 2 N–H and O–H groups in total. The van der Waals surface area contributed by atoms with E-state index in [0.29, 0.717) is 5.56 Å². The minimum absolute atomic E-state index is 0.0967. The second kappa shape index (κ2) is 6.56. The van der Waals surface area contributed by atoms with Crippen molar-refractivity contribution in [3.8, 4) is 5.88 Å². The molecule has 0 saturated heterocycles. The van der Waals surface area contributed by atoms with E-state index in [1.807, 2.05) is 0 Å². The highest BCUT2D eigenvalue weighted by Crippen LogP contribution is 2.26. The normalized spacial score (nSPS) is 11.3. The zero-order valence-corrected chi connectivity index (χ0v) is 11.1. The quantitative estimate of drug-likeness (QED) is 0.838. The van der Waals surface area contributed by atoms with Gasteiger partial charge in [-0.05, 0) is 25.5 Å². The smallest absolute Gasteiger partial charge is 0.466 e. The molecule has 1 aromatic heterocycles. The van der Waals surface area contributed by atoms with E-state index >= 15 is 0 Å². The van der Waals surface area contributed by atoms with Gasteiger partial charge in [0.25, 0.3) is 0 Å². The lowest BCUT2D eigenvalue weighted by Gasteiger charge is -2.14. The summed E-state index contributed by atoms with van der Waals surface area (Å²) in [5, 5.41) is 0. The van der Waals surface area contributed by atoms with Crippen LogP contribution in [0.3, 0.4) is 0 Å². The molecule has 0 aliphatic heterocycles. The lowest BCUT2D eigenvalue weighted by atomic mass is 10.1. The van der Waals surface area contributed by atoms with Gasteiger partial charge in [0.2, 0.25) is 5.88 Å². The molecule has 1 rings (SSSR count). The number of halogens is 3. The maximum absolute atomic E-state index is 12.2. The molecule has 0 aromatic carbocycles. The standard InChI is InChI=1S/C12H15F3N2O3/c1-3-19-10(18)5-8-4-7(2)11(17-9(8)6-16)20-12(13,14)15/h4H,3,5-6,16H2,1-2H3. The second-order valence-corrected chi connectivity index (χ2v) is 3.95. The number of ether oxygens (including phenoxy) is 2. The molecule has 8 heteroatoms. The molecule has 1 heterocycles. The number of nitrogens with two attached hydrogens (primary N) is 1. The van der Waals surface area contributed by atoms with E-state index in [4.69, 9.17) is 10.5 Å². The number of pyridine rings is 1. The number of aromatic nitrogens is 1. The molecule has 0 spiro atoms. The van der Waals surface area contributed by atoms with E-state index in [9.17, 15) is 18.0 Å². The summed E-state index contributed by atoms with van der Waals surface area (Å²) in [6, 6.07) is 1.40. The molecule has 5 nitrogen and oxygen atoms in total. The molecular weight excluding hydrogens is 277 g/mol. The van der Waals surface area contributed by atoms with E-state index in [-0.39, 0.29) is 30.8 Å². The van der Waals surface area contributed by atoms with Crippen molar-refractivity contribution in [1.82, 2.24) is 4.98 Å². The molecule has 0 bridgehead atoms. The molecule has 0 unspecified atom stereocenters. The summed E-state index contributed by atoms with van der Waals surface area (Å²) in [6.45, 7) is 3.18. The van der Waals surface area contributed by atoms with E-state index in [1.54, 1.807) is 6.92 Å². The maximum atomic E-state index is 12.2. The molecule has 1 aromatic rings. The maximum Gasteiger partial charge on any atom is 0.574 e. The van der Waals surface area contributed by atoms with E-state index in [2.05, 4.69) is 9.72 Å². The topological polar surface area (TPSA) is 74.4 Å². The largest absolute Gasteiger partial charge is 0.574 e. The highest BCUT2D eigenvalue weighted by atomic mass is 19.4. The number of aryl methyl sites for hydroxylation is 1. The van der Waals surface area contributed by atoms with Crippen LogP contribution in [0, 0.1) is 6.92 Å². The summed E-state index contributed by atoms with van der Waals surface area (Å²) >= 11 is 0. The van der Waals surface area contributed by atoms with Crippen LogP contribution in [0.2, 0.25) is 0 Å². The van der Waals surface area contributed by atoms with Crippen molar-refractivity contribution in [2.75, 3.05) is 6.61 Å². The Labute approximate surface area is 113 Å². The highest BCUT2D eigenvalue weighted by Gasteiger charge is 2.32. The Kier molecular flexibility index (Phi) is 5.32. The molecule has 112 valence electrons. The zero-order valence-electron chi connectivity index (χ0n) is 11.1. The monoisotopic (exact) mass is 292 g/mol. The third kappa shape index (κ3) is 4.69. The molecule has 0 aliphatic rings. The Hall–Kier alpha value is -1.83. The van der Waals surface area contributed by atoms with Crippen molar-refractivity contribution in [1.29, 1.82) is 0 Å². The molecule has 0 saturated carbocycles. The molecule has 0 amide bonds. The summed E-state index contributed by atoms with van der Waals surface area (Å²) in [5.74, 6) is -1.06. The molecule has 0 aliphatic carbocycles. The van der Waals surface area contributed by atoms with Gasteiger partial charge in [-0.2, -0.15) is 0 Å². The number of hydrogen-bond donors (Lipinski definition) is 1. The van der Waals surface area contributed by atoms with Gasteiger partial charge >= 0.3 is 12.3 Å². The summed E-state index contributed by atoms with van der Waals surface area (Å²) in [7, 11) is 0. The van der Waals surface area contributed by atoms with E-state index in [0.717, 1.165) is 0 Å². The molecular formula is C12H15F3N2O3. The first-order valence-electron chi connectivity index (χ1n) is 5.87. The first-order valence-corrected chi connectivity index (χ1v) is 5.87. The van der Waals surface area contributed by atoms with E-state index in [1.165, 1.54) is 13.0 Å². The number of rotatable bonds is 5. The number of esters is 1. The second-order valence-electron chi connectivity index (χ2n) is 3.95. The van der Waals surface area contributed by atoms with Crippen molar-refractivity contribution < 1.29 is 27.4 Å². The number of alkyl halides is 3. The van der Waals surface area contributed by atoms with Crippen LogP contribution >= 0.6 is 0 Å². The Bertz CT molecular complexity index is 490. The predicted molar refractivity (Wildman–Crippen MR) is 63.9 cm³/mol. The first kappa shape index (κ1) is 16.2. The van der Waals surface area contributed by atoms with Crippen LogP contribution in [0.15, 0.2) is 6.07 Å². The summed E-state index contributed by atoms with van der Waals surface area (Å²) < 4.78 is 45.2. The fraction of sp³-hybridized carbons (Fsp3) is 0.500. The first-order chi connectivity index (χ1) is 9.26. The fourth-order valence-corrected chi connectivity index (χ4v) is 1.60. The Morgan fingerprint density at radius 1 is 1.45 bits per heavy atom. The lowest BCUT2D eigenvalue weighted by molar-refractivity contribution is -0.276. The van der Waals surface area contributed by atoms with Crippen LogP contribution in [0.1, 0.15) is 23.7 Å². The number of carbonyl (C=O) groups excluding carboxylic acids is 1. The molecule has 0 fully saturated rings. The van der Waals surface area contributed by atoms with Gasteiger partial charge in [0, 0.05) is 12.1 Å². The third-order valence-corrected chi connectivity index (χ3v) is 2.38. The van der Waals surface area contributed by atoms with Gasteiger partial charge in [0.05, 0.1) is 18.7 Å². The zero-order chi connectivity index (χ0) is 15.3. The van der Waals surface area contributed by atoms with Gasteiger partial charge in [-0.3, -0.25) is 4.79 Å². The average Bonchev–Trinajstić information content (AvgIpc) is 2.31. The van der Waals surface area contributed by atoms with Gasteiger partial charge < -0.3 is 15.2 Å².